The van der Waals surface area contributed by atoms with Gasteiger partial charge in [0.15, 0.2) is 37.9 Å². The summed E-state index contributed by atoms with van der Waals surface area (Å²) in [5.41, 5.74) is 1.84. The number of pyridine rings is 2. The fraction of sp³-hybridized carbons (Fsp3) is 0.696. The largest absolute Gasteiger partial charge is 0.449 e. The first kappa shape index (κ1) is 38.8. The van der Waals surface area contributed by atoms with E-state index in [-0.39, 0.29) is 45.4 Å². The highest BCUT2D eigenvalue weighted by Gasteiger charge is 2.71. The second-order valence-electron chi connectivity index (χ2n) is 19.5. The molecule has 5 aliphatic rings. The van der Waals surface area contributed by atoms with Gasteiger partial charge in [0.1, 0.15) is 6.10 Å². The number of rotatable bonds is 10. The minimum atomic E-state index is -0.292. The Morgan fingerprint density at radius 3 is 1.96 bits per heavy atom. The van der Waals surface area contributed by atoms with Crippen LogP contribution in [0, 0.1) is 56.7 Å². The van der Waals surface area contributed by atoms with Crippen LogP contribution in [0.3, 0.4) is 0 Å². The summed E-state index contributed by atoms with van der Waals surface area (Å²) in [5, 5.41) is 6.05. The first-order valence-electron chi connectivity index (χ1n) is 21.1. The van der Waals surface area contributed by atoms with Crippen LogP contribution in [0.5, 0.6) is 0 Å². The summed E-state index contributed by atoms with van der Waals surface area (Å²) >= 11 is 0. The second-order valence-corrected chi connectivity index (χ2v) is 19.5. The number of amides is 2. The SMILES string of the molecule is C=C(C)C1CC[C@]2(COC(=O)NCC[n+]3ccccc3)CC[C@]3(C)C(CCC4[C@@]5(C)CC[C@H](OC(=O)NCC[n+]6ccccc6)C(C)(C)C5CC[C@]43C)C12. The van der Waals surface area contributed by atoms with Crippen molar-refractivity contribution in [2.45, 2.75) is 125 Å². The van der Waals surface area contributed by atoms with Crippen molar-refractivity contribution < 1.29 is 28.2 Å². The fourth-order valence-electron chi connectivity index (χ4n) is 13.9. The van der Waals surface area contributed by atoms with Crippen LogP contribution < -0.4 is 19.8 Å². The van der Waals surface area contributed by atoms with Crippen LogP contribution >= 0.6 is 0 Å². The zero-order chi connectivity index (χ0) is 38.4. The maximum absolute atomic E-state index is 13.1. The monoisotopic (exact) mass is 741 g/mol. The zero-order valence-electron chi connectivity index (χ0n) is 34.1. The Bertz CT molecular complexity index is 1670. The number of aromatic nitrogens is 2. The lowest BCUT2D eigenvalue weighted by atomic mass is 9.32. The van der Waals surface area contributed by atoms with Crippen LogP contribution in [0.2, 0.25) is 0 Å². The minimum Gasteiger partial charge on any atom is -0.449 e. The quantitative estimate of drug-likeness (QED) is 0.189. The number of hydrogen-bond acceptors (Lipinski definition) is 4. The Labute approximate surface area is 324 Å². The molecule has 2 amide bonds. The van der Waals surface area contributed by atoms with Gasteiger partial charge in [-0.2, -0.15) is 0 Å². The van der Waals surface area contributed by atoms with Gasteiger partial charge in [-0.1, -0.05) is 58.9 Å². The second kappa shape index (κ2) is 14.9. The molecule has 0 bridgehead atoms. The minimum absolute atomic E-state index is 0.0152. The van der Waals surface area contributed by atoms with Crippen molar-refractivity contribution in [3.63, 3.8) is 0 Å². The summed E-state index contributed by atoms with van der Waals surface area (Å²) in [7, 11) is 0. The van der Waals surface area contributed by atoms with Gasteiger partial charge in [-0.05, 0) is 117 Å². The lowest BCUT2D eigenvalue weighted by molar-refractivity contribution is -0.695. The molecule has 5 fully saturated rings. The lowest BCUT2D eigenvalue weighted by Crippen LogP contribution is -2.67. The summed E-state index contributed by atoms with van der Waals surface area (Å²) in [5.74, 6) is 2.68. The molecule has 10 atom stereocenters. The van der Waals surface area contributed by atoms with Gasteiger partial charge in [0.25, 0.3) is 0 Å². The summed E-state index contributed by atoms with van der Waals surface area (Å²) in [6, 6.07) is 12.0. The van der Waals surface area contributed by atoms with Crippen LogP contribution in [-0.2, 0) is 22.6 Å². The molecule has 7 rings (SSSR count). The predicted octanol–water partition coefficient (Wildman–Crippen LogP) is 8.44. The zero-order valence-corrected chi connectivity index (χ0v) is 34.1. The fourth-order valence-corrected chi connectivity index (χ4v) is 13.9. The molecule has 2 heterocycles. The number of ether oxygens (including phenoxy) is 2. The van der Waals surface area contributed by atoms with Gasteiger partial charge in [0.2, 0.25) is 0 Å². The van der Waals surface area contributed by atoms with E-state index in [1.807, 2.05) is 61.2 Å². The van der Waals surface area contributed by atoms with E-state index in [0.717, 1.165) is 45.2 Å². The van der Waals surface area contributed by atoms with Crippen molar-refractivity contribution in [2.75, 3.05) is 19.7 Å². The van der Waals surface area contributed by atoms with Crippen LogP contribution in [-0.4, -0.2) is 38.0 Å². The van der Waals surface area contributed by atoms with E-state index < -0.39 is 0 Å². The molecule has 2 aromatic heterocycles. The third-order valence-corrected chi connectivity index (χ3v) is 16.8. The van der Waals surface area contributed by atoms with Crippen molar-refractivity contribution in [1.82, 2.24) is 10.6 Å². The maximum Gasteiger partial charge on any atom is 0.407 e. The van der Waals surface area contributed by atoms with Gasteiger partial charge in [-0.3, -0.25) is 0 Å². The highest BCUT2D eigenvalue weighted by molar-refractivity contribution is 5.67. The average molecular weight is 741 g/mol. The molecule has 0 saturated heterocycles. The smallest absolute Gasteiger partial charge is 0.407 e. The van der Waals surface area contributed by atoms with E-state index in [9.17, 15) is 9.59 Å². The van der Waals surface area contributed by atoms with Crippen LogP contribution in [0.15, 0.2) is 73.3 Å². The van der Waals surface area contributed by atoms with E-state index in [1.54, 1.807) is 0 Å². The van der Waals surface area contributed by atoms with Gasteiger partial charge in [-0.15, -0.1) is 0 Å². The van der Waals surface area contributed by atoms with Crippen molar-refractivity contribution in [3.8, 4) is 0 Å². The van der Waals surface area contributed by atoms with E-state index in [1.165, 1.54) is 37.7 Å². The highest BCUT2D eigenvalue weighted by Crippen LogP contribution is 2.77. The normalized spacial score (nSPS) is 37.7. The van der Waals surface area contributed by atoms with Gasteiger partial charge >= 0.3 is 12.2 Å². The Morgan fingerprint density at radius 1 is 0.704 bits per heavy atom. The van der Waals surface area contributed by atoms with Gasteiger partial charge in [0, 0.05) is 35.1 Å². The molecule has 0 spiro atoms. The summed E-state index contributed by atoms with van der Waals surface area (Å²) in [6.45, 7) is 22.5. The summed E-state index contributed by atoms with van der Waals surface area (Å²) in [6.07, 6.45) is 18.9. The van der Waals surface area contributed by atoms with E-state index in [4.69, 9.17) is 9.47 Å². The van der Waals surface area contributed by atoms with Crippen LogP contribution in [0.1, 0.15) is 106 Å². The van der Waals surface area contributed by atoms with Gasteiger partial charge in [-0.25, -0.2) is 18.7 Å². The molecule has 0 radical (unpaired) electrons. The van der Waals surface area contributed by atoms with Crippen molar-refractivity contribution in [1.29, 1.82) is 0 Å². The average Bonchev–Trinajstić information content (AvgIpc) is 3.53. The van der Waals surface area contributed by atoms with Crippen LogP contribution in [0.4, 0.5) is 9.59 Å². The number of hydrogen-bond donors (Lipinski definition) is 2. The molecule has 2 N–H and O–H groups in total. The predicted molar refractivity (Wildman–Crippen MR) is 210 cm³/mol. The maximum atomic E-state index is 13.1. The van der Waals surface area contributed by atoms with Crippen molar-refractivity contribution in [2.24, 2.45) is 56.7 Å². The van der Waals surface area contributed by atoms with Gasteiger partial charge < -0.3 is 20.1 Å². The first-order valence-corrected chi connectivity index (χ1v) is 21.1. The number of carbonyl (C=O) groups excluding carboxylic acids is 2. The Morgan fingerprint density at radius 2 is 1.33 bits per heavy atom. The van der Waals surface area contributed by atoms with Crippen molar-refractivity contribution in [3.05, 3.63) is 73.3 Å². The highest BCUT2D eigenvalue weighted by atomic mass is 16.6. The number of carbonyl (C=O) groups is 2. The molecule has 0 aromatic carbocycles. The molecule has 5 aliphatic carbocycles. The molecule has 294 valence electrons. The summed E-state index contributed by atoms with van der Waals surface area (Å²) < 4.78 is 16.6. The third-order valence-electron chi connectivity index (χ3n) is 16.8. The van der Waals surface area contributed by atoms with Crippen LogP contribution in [0.25, 0.3) is 0 Å². The third kappa shape index (κ3) is 6.76. The molecular formula is C46H68N4O4+2. The number of nitrogens with one attached hydrogen (secondary N) is 2. The molecule has 2 aromatic rings. The molecule has 8 nitrogen and oxygen atoms in total. The number of allylic oxidation sites excluding steroid dienone is 1. The Balaban J connectivity index is 1.03. The molecule has 5 saturated carbocycles. The molecular weight excluding hydrogens is 673 g/mol. The Hall–Kier alpha value is -3.42. The standard InChI is InChI=1S/C46H66N4O4/c1-33(2)34-16-21-46(32-53-40(51)47-24-30-49-26-10-8-11-27-49)23-22-44(6)35(39(34)46)14-15-37-43(5)19-18-38(42(3,4)36(43)17-20-45(37,44)7)54-41(52)48-25-31-50-28-12-9-13-29-50/h8-13,26-29,34-39H,1,14-25,30-32H2,2-7H3/p+2/t34?,35?,36?,37?,38-,39?,43-,44+,45+,46+/m0/s1. The number of alkyl carbamates (subject to hydrolysis) is 2. The van der Waals surface area contributed by atoms with E-state index in [0.29, 0.717) is 49.3 Å². The number of nitrogens with zero attached hydrogens (tertiary/aromatic N) is 2. The van der Waals surface area contributed by atoms with E-state index >= 15 is 0 Å². The van der Waals surface area contributed by atoms with Gasteiger partial charge in [0.05, 0.1) is 19.7 Å². The molecule has 5 unspecified atom stereocenters. The topological polar surface area (TPSA) is 84.4 Å². The summed E-state index contributed by atoms with van der Waals surface area (Å²) in [4.78, 5) is 26.2. The Kier molecular flexibility index (Phi) is 10.7. The van der Waals surface area contributed by atoms with Crippen molar-refractivity contribution >= 4 is 12.2 Å². The molecule has 8 heteroatoms. The molecule has 0 aliphatic heterocycles. The molecule has 54 heavy (non-hydrogen) atoms. The first-order chi connectivity index (χ1) is 25.7. The number of fused-ring (bicyclic) bond motifs is 7. The van der Waals surface area contributed by atoms with E-state index in [2.05, 4.69) is 67.9 Å². The lowest BCUT2D eigenvalue weighted by Gasteiger charge is -2.73.